The lowest BCUT2D eigenvalue weighted by molar-refractivity contribution is -0.118. The molecule has 0 saturated heterocycles. The van der Waals surface area contributed by atoms with E-state index in [2.05, 4.69) is 5.32 Å². The summed E-state index contributed by atoms with van der Waals surface area (Å²) in [6.45, 7) is -0.300. The van der Waals surface area contributed by atoms with Crippen LogP contribution < -0.4 is 10.1 Å². The summed E-state index contributed by atoms with van der Waals surface area (Å²) < 4.78 is 28.0. The Bertz CT molecular complexity index is 867. The van der Waals surface area contributed by atoms with E-state index in [0.717, 1.165) is 6.26 Å². The lowest BCUT2D eigenvalue weighted by Crippen LogP contribution is -2.20. The Morgan fingerprint density at radius 1 is 1.04 bits per heavy atom. The number of sulfone groups is 1. The number of halogens is 3. The number of anilines is 1. The number of carbonyl (C=O) groups is 1. The zero-order valence-electron chi connectivity index (χ0n) is 12.3. The second kappa shape index (κ2) is 7.61. The summed E-state index contributed by atoms with van der Waals surface area (Å²) in [6, 6.07) is 8.62. The Balaban J connectivity index is 1.98. The van der Waals surface area contributed by atoms with Gasteiger partial charge in [-0.1, -0.05) is 34.8 Å². The molecule has 0 aliphatic heterocycles. The molecule has 0 aliphatic rings. The van der Waals surface area contributed by atoms with Gasteiger partial charge < -0.3 is 10.1 Å². The van der Waals surface area contributed by atoms with Gasteiger partial charge in [-0.05, 0) is 30.3 Å². The van der Waals surface area contributed by atoms with Gasteiger partial charge in [-0.25, -0.2) is 8.42 Å². The van der Waals surface area contributed by atoms with E-state index in [9.17, 15) is 13.2 Å². The standard InChI is InChI=1S/C15H12Cl3NO4S/c1-24(21,22)10-4-2-9(3-5-10)19-15(20)8-23-14-7-12(17)11(16)6-13(14)18/h2-7H,8H2,1H3,(H,19,20). The van der Waals surface area contributed by atoms with Gasteiger partial charge in [0.2, 0.25) is 0 Å². The average Bonchev–Trinajstić information content (AvgIpc) is 2.49. The summed E-state index contributed by atoms with van der Waals surface area (Å²) in [5, 5.41) is 3.35. The Kier molecular flexibility index (Phi) is 5.98. The minimum Gasteiger partial charge on any atom is -0.482 e. The highest BCUT2D eigenvalue weighted by molar-refractivity contribution is 7.90. The van der Waals surface area contributed by atoms with Crippen molar-refractivity contribution in [2.24, 2.45) is 0 Å². The van der Waals surface area contributed by atoms with Gasteiger partial charge in [-0.2, -0.15) is 0 Å². The van der Waals surface area contributed by atoms with Crippen molar-refractivity contribution in [3.05, 3.63) is 51.5 Å². The Hall–Kier alpha value is -1.47. The molecule has 0 radical (unpaired) electrons. The van der Waals surface area contributed by atoms with Crippen LogP contribution in [-0.4, -0.2) is 27.2 Å². The van der Waals surface area contributed by atoms with Gasteiger partial charge in [0.1, 0.15) is 5.75 Å². The molecule has 2 rings (SSSR count). The number of ether oxygens (including phenoxy) is 1. The number of nitrogens with one attached hydrogen (secondary N) is 1. The van der Waals surface area contributed by atoms with Crippen LogP contribution in [0, 0.1) is 0 Å². The Morgan fingerprint density at radius 3 is 2.21 bits per heavy atom. The molecule has 128 valence electrons. The first-order valence-corrected chi connectivity index (χ1v) is 9.56. The van der Waals surface area contributed by atoms with Crippen LogP contribution in [0.4, 0.5) is 5.69 Å². The van der Waals surface area contributed by atoms with Gasteiger partial charge in [0, 0.05) is 18.0 Å². The third-order valence-corrected chi connectivity index (χ3v) is 5.05. The first kappa shape index (κ1) is 18.9. The molecule has 24 heavy (non-hydrogen) atoms. The quantitative estimate of drug-likeness (QED) is 0.757. The van der Waals surface area contributed by atoms with E-state index in [0.29, 0.717) is 5.69 Å². The number of rotatable bonds is 5. The fourth-order valence-corrected chi connectivity index (χ4v) is 2.96. The maximum Gasteiger partial charge on any atom is 0.262 e. The van der Waals surface area contributed by atoms with Crippen LogP contribution in [0.25, 0.3) is 0 Å². The molecule has 0 aliphatic carbocycles. The Labute approximate surface area is 154 Å². The van der Waals surface area contributed by atoms with Crippen molar-refractivity contribution in [1.29, 1.82) is 0 Å². The predicted octanol–water partition coefficient (Wildman–Crippen LogP) is 4.07. The van der Waals surface area contributed by atoms with E-state index in [1.807, 2.05) is 0 Å². The molecule has 1 N–H and O–H groups in total. The van der Waals surface area contributed by atoms with Gasteiger partial charge in [0.25, 0.3) is 5.91 Å². The molecule has 0 heterocycles. The summed E-state index contributed by atoms with van der Waals surface area (Å²) in [4.78, 5) is 12.0. The predicted molar refractivity (Wildman–Crippen MR) is 95.1 cm³/mol. The SMILES string of the molecule is CS(=O)(=O)c1ccc(NC(=O)COc2cc(Cl)c(Cl)cc2Cl)cc1. The van der Waals surface area contributed by atoms with Crippen molar-refractivity contribution < 1.29 is 17.9 Å². The van der Waals surface area contributed by atoms with Crippen molar-refractivity contribution in [3.63, 3.8) is 0 Å². The number of hydrogen-bond donors (Lipinski definition) is 1. The highest BCUT2D eigenvalue weighted by Gasteiger charge is 2.11. The monoisotopic (exact) mass is 407 g/mol. The van der Waals surface area contributed by atoms with Crippen LogP contribution in [0.2, 0.25) is 15.1 Å². The topological polar surface area (TPSA) is 72.5 Å². The normalized spacial score (nSPS) is 11.2. The molecular weight excluding hydrogens is 397 g/mol. The first-order chi connectivity index (χ1) is 11.2. The minimum atomic E-state index is -3.28. The highest BCUT2D eigenvalue weighted by Crippen LogP contribution is 2.33. The maximum absolute atomic E-state index is 11.9. The second-order valence-corrected chi connectivity index (χ2v) is 8.07. The smallest absolute Gasteiger partial charge is 0.262 e. The molecule has 2 aromatic rings. The molecule has 1 amide bonds. The van der Waals surface area contributed by atoms with E-state index in [1.165, 1.54) is 36.4 Å². The van der Waals surface area contributed by atoms with Crippen LogP contribution in [0.15, 0.2) is 41.3 Å². The molecule has 9 heteroatoms. The minimum absolute atomic E-state index is 0.166. The van der Waals surface area contributed by atoms with Gasteiger partial charge >= 0.3 is 0 Å². The van der Waals surface area contributed by atoms with Crippen LogP contribution in [0.3, 0.4) is 0 Å². The van der Waals surface area contributed by atoms with Crippen molar-refractivity contribution in [2.75, 3.05) is 18.2 Å². The zero-order valence-corrected chi connectivity index (χ0v) is 15.4. The number of amides is 1. The lowest BCUT2D eigenvalue weighted by atomic mass is 10.3. The van der Waals surface area contributed by atoms with Gasteiger partial charge in [-0.15, -0.1) is 0 Å². The molecular formula is C15H12Cl3NO4S. The summed E-state index contributed by atoms with van der Waals surface area (Å²) in [5.41, 5.74) is 0.441. The van der Waals surface area contributed by atoms with E-state index in [1.54, 1.807) is 0 Å². The molecule has 0 spiro atoms. The summed E-state index contributed by atoms with van der Waals surface area (Å²) in [6.07, 6.45) is 1.11. The van der Waals surface area contributed by atoms with E-state index < -0.39 is 15.7 Å². The van der Waals surface area contributed by atoms with Crippen molar-refractivity contribution in [3.8, 4) is 5.75 Å². The number of hydrogen-bond acceptors (Lipinski definition) is 4. The third kappa shape index (κ3) is 5.01. The molecule has 0 aromatic heterocycles. The first-order valence-electron chi connectivity index (χ1n) is 6.54. The van der Waals surface area contributed by atoms with Crippen LogP contribution in [-0.2, 0) is 14.6 Å². The van der Waals surface area contributed by atoms with E-state index >= 15 is 0 Å². The van der Waals surface area contributed by atoms with Crippen molar-refractivity contribution in [2.45, 2.75) is 4.90 Å². The largest absolute Gasteiger partial charge is 0.482 e. The summed E-state index contributed by atoms with van der Waals surface area (Å²) >= 11 is 17.6. The van der Waals surface area contributed by atoms with E-state index in [4.69, 9.17) is 39.5 Å². The van der Waals surface area contributed by atoms with Crippen LogP contribution in [0.1, 0.15) is 0 Å². The van der Waals surface area contributed by atoms with Crippen LogP contribution in [0.5, 0.6) is 5.75 Å². The van der Waals surface area contributed by atoms with Gasteiger partial charge in [-0.3, -0.25) is 4.79 Å². The Morgan fingerprint density at radius 2 is 1.62 bits per heavy atom. The summed E-state index contributed by atoms with van der Waals surface area (Å²) in [5.74, 6) is -0.210. The zero-order chi connectivity index (χ0) is 17.9. The fraction of sp³-hybridized carbons (Fsp3) is 0.133. The molecule has 0 unspecified atom stereocenters. The van der Waals surface area contributed by atoms with Crippen molar-refractivity contribution in [1.82, 2.24) is 0 Å². The van der Waals surface area contributed by atoms with Crippen LogP contribution >= 0.6 is 34.8 Å². The maximum atomic E-state index is 11.9. The molecule has 0 fully saturated rings. The number of carbonyl (C=O) groups excluding carboxylic acids is 1. The summed E-state index contributed by atoms with van der Waals surface area (Å²) in [7, 11) is -3.28. The molecule has 2 aromatic carbocycles. The van der Waals surface area contributed by atoms with E-state index in [-0.39, 0.29) is 32.3 Å². The van der Waals surface area contributed by atoms with Gasteiger partial charge in [0.15, 0.2) is 16.4 Å². The third-order valence-electron chi connectivity index (χ3n) is 2.90. The lowest BCUT2D eigenvalue weighted by Gasteiger charge is -2.10. The average molecular weight is 409 g/mol. The second-order valence-electron chi connectivity index (χ2n) is 4.83. The fourth-order valence-electron chi connectivity index (χ4n) is 1.74. The molecule has 0 bridgehead atoms. The van der Waals surface area contributed by atoms with Crippen molar-refractivity contribution >= 4 is 56.2 Å². The highest BCUT2D eigenvalue weighted by atomic mass is 35.5. The molecule has 0 saturated carbocycles. The van der Waals surface area contributed by atoms with Gasteiger partial charge in [0.05, 0.1) is 20.0 Å². The number of benzene rings is 2. The molecule has 5 nitrogen and oxygen atoms in total. The molecule has 0 atom stereocenters.